The first-order valence-corrected chi connectivity index (χ1v) is 9.42. The molecule has 0 bridgehead atoms. The fourth-order valence-electron chi connectivity index (χ4n) is 2.66. The maximum absolute atomic E-state index is 12.5. The molecule has 0 spiro atoms. The Morgan fingerprint density at radius 3 is 2.55 bits per heavy atom. The minimum atomic E-state index is -0.541. The van der Waals surface area contributed by atoms with Crippen LogP contribution in [0.4, 0.5) is 10.8 Å². The van der Waals surface area contributed by atoms with Gasteiger partial charge in [-0.05, 0) is 25.5 Å². The first kappa shape index (κ1) is 20.2. The van der Waals surface area contributed by atoms with Crippen LogP contribution >= 0.6 is 11.3 Å². The lowest BCUT2D eigenvalue weighted by molar-refractivity contribution is -0.385. The van der Waals surface area contributed by atoms with Crippen LogP contribution in [0.15, 0.2) is 48.5 Å². The largest absolute Gasteiger partial charge is 0.457 e. The highest BCUT2D eigenvalue weighted by Gasteiger charge is 2.21. The third-order valence-corrected chi connectivity index (χ3v) is 5.21. The molecule has 8 nitrogen and oxygen atoms in total. The molecule has 0 saturated heterocycles. The number of nitro groups is 1. The second-order valence-corrected chi connectivity index (χ2v) is 7.16. The summed E-state index contributed by atoms with van der Waals surface area (Å²) in [5.74, 6) is -1.07. The number of nitrogens with zero attached hydrogens (tertiary/aromatic N) is 2. The number of esters is 1. The van der Waals surface area contributed by atoms with E-state index in [9.17, 15) is 19.7 Å². The van der Waals surface area contributed by atoms with E-state index >= 15 is 0 Å². The van der Waals surface area contributed by atoms with Gasteiger partial charge in [0.15, 0.2) is 5.13 Å². The Balaban J connectivity index is 1.72. The van der Waals surface area contributed by atoms with Crippen LogP contribution in [0.3, 0.4) is 0 Å². The number of nitro benzene ring substituents is 1. The fraction of sp³-hybridized carbons (Fsp3) is 0.150. The lowest BCUT2D eigenvalue weighted by Crippen LogP contribution is -2.14. The Bertz CT molecular complexity index is 1080. The lowest BCUT2D eigenvalue weighted by Gasteiger charge is -2.05. The average molecular weight is 411 g/mol. The van der Waals surface area contributed by atoms with Crippen molar-refractivity contribution in [1.82, 2.24) is 4.98 Å². The highest BCUT2D eigenvalue weighted by atomic mass is 32.1. The molecule has 1 heterocycles. The molecule has 29 heavy (non-hydrogen) atoms. The molecule has 0 aliphatic carbocycles. The molecule has 148 valence electrons. The number of aromatic nitrogens is 1. The molecule has 0 unspecified atom stereocenters. The van der Waals surface area contributed by atoms with E-state index in [4.69, 9.17) is 4.74 Å². The number of amides is 1. The smallest absolute Gasteiger partial charge is 0.350 e. The molecule has 0 fully saturated rings. The minimum absolute atomic E-state index is 0.131. The van der Waals surface area contributed by atoms with Gasteiger partial charge in [-0.15, -0.1) is 0 Å². The van der Waals surface area contributed by atoms with Gasteiger partial charge >= 0.3 is 5.97 Å². The predicted molar refractivity (Wildman–Crippen MR) is 108 cm³/mol. The predicted octanol–water partition coefficient (Wildman–Crippen LogP) is 4.28. The summed E-state index contributed by atoms with van der Waals surface area (Å²) in [5.41, 5.74) is 1.57. The van der Waals surface area contributed by atoms with Crippen molar-refractivity contribution >= 4 is 34.0 Å². The van der Waals surface area contributed by atoms with Gasteiger partial charge in [-0.1, -0.05) is 47.7 Å². The summed E-state index contributed by atoms with van der Waals surface area (Å²) in [6, 6.07) is 13.5. The van der Waals surface area contributed by atoms with Gasteiger partial charge in [0.1, 0.15) is 11.5 Å². The Labute approximate surface area is 170 Å². The van der Waals surface area contributed by atoms with Gasteiger partial charge in [0, 0.05) is 17.2 Å². The lowest BCUT2D eigenvalue weighted by atomic mass is 10.1. The third-order valence-electron chi connectivity index (χ3n) is 4.16. The molecular formula is C20H17N3O5S. The number of rotatable bonds is 6. The molecule has 0 atom stereocenters. The summed E-state index contributed by atoms with van der Waals surface area (Å²) in [6.07, 6.45) is 0. The van der Waals surface area contributed by atoms with Gasteiger partial charge in [-0.3, -0.25) is 20.2 Å². The Kier molecular flexibility index (Phi) is 5.99. The van der Waals surface area contributed by atoms with E-state index in [0.717, 1.165) is 16.9 Å². The quantitative estimate of drug-likeness (QED) is 0.368. The number of ether oxygens (including phenoxy) is 1. The molecule has 1 amide bonds. The van der Waals surface area contributed by atoms with Crippen molar-refractivity contribution in [3.63, 3.8) is 0 Å². The van der Waals surface area contributed by atoms with E-state index in [1.54, 1.807) is 6.92 Å². The maximum atomic E-state index is 12.5. The second kappa shape index (κ2) is 8.61. The van der Waals surface area contributed by atoms with E-state index < -0.39 is 16.8 Å². The zero-order chi connectivity index (χ0) is 21.0. The van der Waals surface area contributed by atoms with E-state index in [0.29, 0.717) is 5.69 Å². The molecule has 1 N–H and O–H groups in total. The summed E-state index contributed by atoms with van der Waals surface area (Å²) in [7, 11) is 0. The third kappa shape index (κ3) is 4.64. The van der Waals surface area contributed by atoms with Gasteiger partial charge in [-0.25, -0.2) is 9.78 Å². The first-order chi connectivity index (χ1) is 13.9. The number of hydrogen-bond acceptors (Lipinski definition) is 7. The van der Waals surface area contributed by atoms with Gasteiger partial charge in [0.2, 0.25) is 0 Å². The van der Waals surface area contributed by atoms with Crippen LogP contribution in [0, 0.1) is 24.0 Å². The van der Waals surface area contributed by atoms with E-state index in [1.807, 2.05) is 30.3 Å². The zero-order valence-corrected chi connectivity index (χ0v) is 16.5. The second-order valence-electron chi connectivity index (χ2n) is 6.16. The summed E-state index contributed by atoms with van der Waals surface area (Å²) < 4.78 is 5.30. The number of hydrogen-bond donors (Lipinski definition) is 1. The van der Waals surface area contributed by atoms with Gasteiger partial charge in [-0.2, -0.15) is 0 Å². The van der Waals surface area contributed by atoms with Crippen molar-refractivity contribution in [2.45, 2.75) is 20.5 Å². The molecule has 0 aliphatic rings. The highest BCUT2D eigenvalue weighted by Crippen LogP contribution is 2.26. The van der Waals surface area contributed by atoms with Crippen LogP contribution in [0.2, 0.25) is 0 Å². The summed E-state index contributed by atoms with van der Waals surface area (Å²) in [5, 5.41) is 13.9. The Hall–Kier alpha value is -3.59. The number of thiazole rings is 1. The van der Waals surface area contributed by atoms with E-state index in [-0.39, 0.29) is 33.4 Å². The normalized spacial score (nSPS) is 10.4. The average Bonchev–Trinajstić information content (AvgIpc) is 3.06. The number of carbonyl (C=O) groups excluding carboxylic acids is 2. The topological polar surface area (TPSA) is 111 Å². The van der Waals surface area contributed by atoms with Gasteiger partial charge in [0.25, 0.3) is 11.6 Å². The Morgan fingerprint density at radius 1 is 1.14 bits per heavy atom. The van der Waals surface area contributed by atoms with Crippen molar-refractivity contribution in [3.8, 4) is 0 Å². The minimum Gasteiger partial charge on any atom is -0.457 e. The summed E-state index contributed by atoms with van der Waals surface area (Å²) >= 11 is 0.991. The van der Waals surface area contributed by atoms with Crippen molar-refractivity contribution in [2.24, 2.45) is 0 Å². The van der Waals surface area contributed by atoms with Crippen LogP contribution in [0.1, 0.15) is 36.9 Å². The molecular weight excluding hydrogens is 394 g/mol. The van der Waals surface area contributed by atoms with E-state index in [1.165, 1.54) is 25.1 Å². The highest BCUT2D eigenvalue weighted by molar-refractivity contribution is 7.17. The van der Waals surface area contributed by atoms with Crippen LogP contribution in [0.5, 0.6) is 0 Å². The molecule has 0 aliphatic heterocycles. The van der Waals surface area contributed by atoms with Crippen LogP contribution in [-0.2, 0) is 11.3 Å². The van der Waals surface area contributed by atoms with Crippen molar-refractivity contribution in [1.29, 1.82) is 0 Å². The summed E-state index contributed by atoms with van der Waals surface area (Å²) in [6.45, 7) is 3.28. The van der Waals surface area contributed by atoms with E-state index in [2.05, 4.69) is 10.3 Å². The van der Waals surface area contributed by atoms with Gasteiger partial charge in [0.05, 0.1) is 10.6 Å². The SMILES string of the molecule is Cc1nc(NC(=O)c2cccc([N+](=O)[O-])c2C)sc1C(=O)OCc1ccccc1. The number of nitrogens with one attached hydrogen (secondary N) is 1. The van der Waals surface area contributed by atoms with Crippen molar-refractivity contribution in [3.05, 3.63) is 85.9 Å². The fourth-order valence-corrected chi connectivity index (χ4v) is 3.51. The summed E-state index contributed by atoms with van der Waals surface area (Å²) in [4.78, 5) is 39.9. The first-order valence-electron chi connectivity index (χ1n) is 8.60. The monoisotopic (exact) mass is 411 g/mol. The standard InChI is InChI=1S/C20H17N3O5S/c1-12-15(9-6-10-16(12)23(26)27)18(24)22-20-21-13(2)17(29-20)19(25)28-11-14-7-4-3-5-8-14/h3-10H,11H2,1-2H3,(H,21,22,24). The number of aryl methyl sites for hydroxylation is 1. The zero-order valence-electron chi connectivity index (χ0n) is 15.7. The molecule has 3 aromatic rings. The van der Waals surface area contributed by atoms with Crippen molar-refractivity contribution < 1.29 is 19.2 Å². The van der Waals surface area contributed by atoms with Crippen LogP contribution < -0.4 is 5.32 Å². The van der Waals surface area contributed by atoms with Crippen LogP contribution in [-0.4, -0.2) is 21.8 Å². The molecule has 3 rings (SSSR count). The number of carbonyl (C=O) groups is 2. The molecule has 2 aromatic carbocycles. The maximum Gasteiger partial charge on any atom is 0.350 e. The van der Waals surface area contributed by atoms with Gasteiger partial charge < -0.3 is 4.74 Å². The van der Waals surface area contributed by atoms with Crippen molar-refractivity contribution in [2.75, 3.05) is 5.32 Å². The number of benzene rings is 2. The Morgan fingerprint density at radius 2 is 1.86 bits per heavy atom. The van der Waals surface area contributed by atoms with Crippen LogP contribution in [0.25, 0.3) is 0 Å². The molecule has 9 heteroatoms. The molecule has 1 aromatic heterocycles. The number of anilines is 1. The molecule has 0 radical (unpaired) electrons. The molecule has 0 saturated carbocycles.